The molecule has 0 unspecified atom stereocenters. The van der Waals surface area contributed by atoms with Crippen molar-refractivity contribution in [2.24, 2.45) is 0 Å². The van der Waals surface area contributed by atoms with Crippen molar-refractivity contribution >= 4 is 52.3 Å². The smallest absolute Gasteiger partial charge is 0.449 e. The Balaban J connectivity index is 1.75. The molecule has 0 atom stereocenters. The van der Waals surface area contributed by atoms with Crippen LogP contribution in [0.1, 0.15) is 0 Å². The molecule has 1 N–H and O–H groups in total. The van der Waals surface area contributed by atoms with E-state index in [-0.39, 0.29) is 5.75 Å². The molecule has 0 radical (unpaired) electrons. The van der Waals surface area contributed by atoms with E-state index in [1.807, 2.05) is 23.6 Å². The lowest BCUT2D eigenvalue weighted by Gasteiger charge is -2.11. The first-order chi connectivity index (χ1) is 14.4. The second kappa shape index (κ2) is 8.66. The van der Waals surface area contributed by atoms with Gasteiger partial charge in [0.05, 0.1) is 15.7 Å². The summed E-state index contributed by atoms with van der Waals surface area (Å²) in [6.07, 6.45) is -1.41. The summed E-state index contributed by atoms with van der Waals surface area (Å²) in [7, 11) is 0. The van der Waals surface area contributed by atoms with Gasteiger partial charge in [-0.05, 0) is 30.3 Å². The lowest BCUT2D eigenvalue weighted by atomic mass is 10.0. The van der Waals surface area contributed by atoms with Crippen LogP contribution in [0.25, 0.3) is 33.0 Å². The zero-order valence-electron chi connectivity index (χ0n) is 15.1. The Morgan fingerprint density at radius 1 is 0.867 bits per heavy atom. The van der Waals surface area contributed by atoms with Crippen LogP contribution in [0.15, 0.2) is 66.0 Å². The number of hydrogen-bond acceptors (Lipinski definition) is 4. The second-order valence-corrected chi connectivity index (χ2v) is 8.31. The SMILES string of the molecule is O=C(O)Oc1cc(-c2nc(-c3ccc(Cl)c(Cl)c3)cs2)ccc1-c1ccccc1Cl. The van der Waals surface area contributed by atoms with E-state index in [1.54, 1.807) is 42.5 Å². The van der Waals surface area contributed by atoms with Crippen LogP contribution in [-0.4, -0.2) is 16.2 Å². The average molecular weight is 477 g/mol. The summed E-state index contributed by atoms with van der Waals surface area (Å²) >= 11 is 19.8. The molecule has 0 saturated heterocycles. The summed E-state index contributed by atoms with van der Waals surface area (Å²) in [5, 5.41) is 13.2. The molecule has 0 fully saturated rings. The zero-order valence-corrected chi connectivity index (χ0v) is 18.2. The minimum Gasteiger partial charge on any atom is -0.449 e. The van der Waals surface area contributed by atoms with Gasteiger partial charge >= 0.3 is 6.16 Å². The number of carbonyl (C=O) groups is 1. The molecular weight excluding hydrogens is 465 g/mol. The van der Waals surface area contributed by atoms with Crippen molar-refractivity contribution in [3.63, 3.8) is 0 Å². The van der Waals surface area contributed by atoms with E-state index < -0.39 is 6.16 Å². The Bertz CT molecular complexity index is 1260. The van der Waals surface area contributed by atoms with E-state index in [4.69, 9.17) is 39.5 Å². The minimum atomic E-state index is -1.41. The van der Waals surface area contributed by atoms with Gasteiger partial charge < -0.3 is 9.84 Å². The topological polar surface area (TPSA) is 59.4 Å². The van der Waals surface area contributed by atoms with E-state index in [0.29, 0.717) is 31.2 Å². The highest BCUT2D eigenvalue weighted by Gasteiger charge is 2.16. The predicted octanol–water partition coefficient (Wildman–Crippen LogP) is 8.16. The molecule has 4 aromatic rings. The second-order valence-electron chi connectivity index (χ2n) is 6.23. The third-order valence-electron chi connectivity index (χ3n) is 4.31. The molecule has 8 heteroatoms. The zero-order chi connectivity index (χ0) is 21.3. The molecule has 0 aliphatic heterocycles. The molecule has 0 saturated carbocycles. The van der Waals surface area contributed by atoms with Crippen molar-refractivity contribution < 1.29 is 14.6 Å². The minimum absolute atomic E-state index is 0.180. The number of halogens is 3. The van der Waals surface area contributed by atoms with E-state index in [9.17, 15) is 9.90 Å². The number of rotatable bonds is 4. The molecule has 150 valence electrons. The molecule has 0 aliphatic rings. The van der Waals surface area contributed by atoms with Gasteiger partial charge in [0.15, 0.2) is 0 Å². The van der Waals surface area contributed by atoms with Crippen molar-refractivity contribution in [3.05, 3.63) is 81.1 Å². The molecule has 1 aromatic heterocycles. The summed E-state index contributed by atoms with van der Waals surface area (Å²) in [6.45, 7) is 0. The summed E-state index contributed by atoms with van der Waals surface area (Å²) in [5.41, 5.74) is 3.55. The monoisotopic (exact) mass is 475 g/mol. The summed E-state index contributed by atoms with van der Waals surface area (Å²) in [5.74, 6) is 0.180. The summed E-state index contributed by atoms with van der Waals surface area (Å²) in [4.78, 5) is 15.9. The van der Waals surface area contributed by atoms with Gasteiger partial charge in [-0.15, -0.1) is 11.3 Å². The number of carboxylic acid groups (broad SMARTS) is 1. The molecule has 1 heterocycles. The number of hydrogen-bond donors (Lipinski definition) is 1. The number of nitrogens with zero attached hydrogens (tertiary/aromatic N) is 1. The third kappa shape index (κ3) is 4.30. The molecule has 0 amide bonds. The van der Waals surface area contributed by atoms with Crippen LogP contribution in [0.5, 0.6) is 5.75 Å². The summed E-state index contributed by atoms with van der Waals surface area (Å²) in [6, 6.07) is 17.7. The van der Waals surface area contributed by atoms with Crippen molar-refractivity contribution in [3.8, 4) is 38.7 Å². The van der Waals surface area contributed by atoms with Crippen LogP contribution in [0, 0.1) is 0 Å². The van der Waals surface area contributed by atoms with E-state index in [2.05, 4.69) is 4.98 Å². The molecule has 30 heavy (non-hydrogen) atoms. The number of aromatic nitrogens is 1. The van der Waals surface area contributed by atoms with E-state index in [0.717, 1.165) is 16.8 Å². The van der Waals surface area contributed by atoms with Crippen molar-refractivity contribution in [1.29, 1.82) is 0 Å². The summed E-state index contributed by atoms with van der Waals surface area (Å²) < 4.78 is 5.04. The van der Waals surface area contributed by atoms with Gasteiger partial charge in [0, 0.05) is 32.7 Å². The highest BCUT2D eigenvalue weighted by atomic mass is 35.5. The van der Waals surface area contributed by atoms with Gasteiger partial charge in [-0.2, -0.15) is 0 Å². The molecule has 0 aliphatic carbocycles. The van der Waals surface area contributed by atoms with Crippen LogP contribution in [0.4, 0.5) is 4.79 Å². The highest BCUT2D eigenvalue weighted by molar-refractivity contribution is 7.13. The van der Waals surface area contributed by atoms with Gasteiger partial charge in [0.25, 0.3) is 0 Å². The van der Waals surface area contributed by atoms with Crippen LogP contribution in [0.2, 0.25) is 15.1 Å². The van der Waals surface area contributed by atoms with Gasteiger partial charge in [0.2, 0.25) is 0 Å². The molecule has 0 bridgehead atoms. The molecule has 4 rings (SSSR count). The van der Waals surface area contributed by atoms with Crippen LogP contribution < -0.4 is 4.74 Å². The highest BCUT2D eigenvalue weighted by Crippen LogP contribution is 2.39. The van der Waals surface area contributed by atoms with Crippen molar-refractivity contribution in [1.82, 2.24) is 4.98 Å². The first-order valence-electron chi connectivity index (χ1n) is 8.63. The maximum atomic E-state index is 11.2. The normalized spacial score (nSPS) is 10.8. The fraction of sp³-hybridized carbons (Fsp3) is 0. The Hall–Kier alpha value is -2.57. The number of thiazole rings is 1. The fourth-order valence-electron chi connectivity index (χ4n) is 2.93. The van der Waals surface area contributed by atoms with Crippen LogP contribution in [-0.2, 0) is 0 Å². The van der Waals surface area contributed by atoms with Gasteiger partial charge in [-0.3, -0.25) is 0 Å². The van der Waals surface area contributed by atoms with Gasteiger partial charge in [0.1, 0.15) is 10.8 Å². The Morgan fingerprint density at radius 2 is 1.63 bits per heavy atom. The molecule has 4 nitrogen and oxygen atoms in total. The third-order valence-corrected chi connectivity index (χ3v) is 6.27. The Kier molecular flexibility index (Phi) is 5.97. The lowest BCUT2D eigenvalue weighted by molar-refractivity contribution is 0.144. The maximum absolute atomic E-state index is 11.2. The van der Waals surface area contributed by atoms with Gasteiger partial charge in [-0.1, -0.05) is 65.1 Å². The fourth-order valence-corrected chi connectivity index (χ4v) is 4.29. The van der Waals surface area contributed by atoms with Crippen LogP contribution >= 0.6 is 46.1 Å². The average Bonchev–Trinajstić information content (AvgIpc) is 3.20. The molecular formula is C22H12Cl3NO3S. The lowest BCUT2D eigenvalue weighted by Crippen LogP contribution is -2.04. The largest absolute Gasteiger partial charge is 0.511 e. The number of ether oxygens (including phenoxy) is 1. The van der Waals surface area contributed by atoms with Gasteiger partial charge in [-0.25, -0.2) is 9.78 Å². The Morgan fingerprint density at radius 3 is 2.37 bits per heavy atom. The van der Waals surface area contributed by atoms with Crippen molar-refractivity contribution in [2.45, 2.75) is 0 Å². The standard InChI is InChI=1S/C22H12Cl3NO3S/c23-16-4-2-1-3-14(16)15-7-5-13(10-20(15)29-22(27)28)21-26-19(11-30-21)12-6-8-17(24)18(25)9-12/h1-11H,(H,27,28). The first-order valence-corrected chi connectivity index (χ1v) is 10.6. The molecule has 3 aromatic carbocycles. The van der Waals surface area contributed by atoms with Crippen LogP contribution in [0.3, 0.4) is 0 Å². The Labute approximate surface area is 191 Å². The quantitative estimate of drug-likeness (QED) is 0.238. The number of benzene rings is 3. The van der Waals surface area contributed by atoms with Crippen molar-refractivity contribution in [2.75, 3.05) is 0 Å². The predicted molar refractivity (Wildman–Crippen MR) is 122 cm³/mol. The maximum Gasteiger partial charge on any atom is 0.511 e. The first kappa shape index (κ1) is 20.7. The molecule has 0 spiro atoms. The van der Waals surface area contributed by atoms with E-state index >= 15 is 0 Å². The van der Waals surface area contributed by atoms with E-state index in [1.165, 1.54) is 11.3 Å².